The highest BCUT2D eigenvalue weighted by molar-refractivity contribution is 7.19. The molecule has 0 bridgehead atoms. The molecule has 0 saturated heterocycles. The van der Waals surface area contributed by atoms with E-state index >= 15 is 0 Å². The molecule has 1 amide bonds. The van der Waals surface area contributed by atoms with Crippen LogP contribution in [0.4, 0.5) is 29.8 Å². The number of fused-ring (bicyclic) bond motifs is 1. The maximum atomic E-state index is 12.7. The SMILES string of the molecule is Nc1nc(NC[C@@H](N)Cc2ccc(C(F)(F)F)cc2)sc1-c1ccc2c(c1)CC(=O)N2. The average Bonchev–Trinajstić information content (AvgIpc) is 3.26. The van der Waals surface area contributed by atoms with E-state index in [1.807, 2.05) is 18.2 Å². The van der Waals surface area contributed by atoms with E-state index in [9.17, 15) is 18.0 Å². The molecule has 10 heteroatoms. The van der Waals surface area contributed by atoms with Crippen molar-refractivity contribution in [2.75, 3.05) is 22.9 Å². The van der Waals surface area contributed by atoms with E-state index < -0.39 is 11.7 Å². The number of nitrogens with two attached hydrogens (primary N) is 2. The third-order valence-corrected chi connectivity index (χ3v) is 6.02. The number of benzene rings is 2. The van der Waals surface area contributed by atoms with Crippen LogP contribution in [0.15, 0.2) is 42.5 Å². The molecule has 2 aromatic carbocycles. The number of amides is 1. The maximum Gasteiger partial charge on any atom is 0.416 e. The monoisotopic (exact) mass is 447 g/mol. The van der Waals surface area contributed by atoms with Gasteiger partial charge < -0.3 is 22.1 Å². The van der Waals surface area contributed by atoms with E-state index in [0.29, 0.717) is 30.3 Å². The predicted molar refractivity (Wildman–Crippen MR) is 116 cm³/mol. The second-order valence-corrected chi connectivity index (χ2v) is 8.37. The van der Waals surface area contributed by atoms with Crippen molar-refractivity contribution in [1.82, 2.24) is 4.98 Å². The highest BCUT2D eigenvalue weighted by atomic mass is 32.1. The summed E-state index contributed by atoms with van der Waals surface area (Å²) < 4.78 is 38.0. The first-order valence-electron chi connectivity index (χ1n) is 9.54. The zero-order valence-corrected chi connectivity index (χ0v) is 17.1. The highest BCUT2D eigenvalue weighted by Crippen LogP contribution is 2.37. The second kappa shape index (κ2) is 8.20. The summed E-state index contributed by atoms with van der Waals surface area (Å²) in [5, 5.41) is 6.54. The van der Waals surface area contributed by atoms with Gasteiger partial charge in [-0.1, -0.05) is 29.5 Å². The summed E-state index contributed by atoms with van der Waals surface area (Å²) in [6, 6.07) is 10.3. The molecule has 1 aliphatic rings. The molecular formula is C21H20F3N5OS. The predicted octanol–water partition coefficient (Wildman–Crippen LogP) is 3.89. The number of rotatable bonds is 6. The molecule has 0 radical (unpaired) electrons. The molecule has 0 unspecified atom stereocenters. The Labute approximate surface area is 180 Å². The van der Waals surface area contributed by atoms with Crippen molar-refractivity contribution in [3.8, 4) is 10.4 Å². The third kappa shape index (κ3) is 4.80. The van der Waals surface area contributed by atoms with E-state index in [2.05, 4.69) is 15.6 Å². The zero-order chi connectivity index (χ0) is 22.2. The summed E-state index contributed by atoms with van der Waals surface area (Å²) >= 11 is 1.38. The summed E-state index contributed by atoms with van der Waals surface area (Å²) in [4.78, 5) is 16.7. The number of nitrogens with one attached hydrogen (secondary N) is 2. The number of nitrogen functional groups attached to an aromatic ring is 1. The standard InChI is InChI=1S/C21H20F3N5OS/c22-21(23,24)14-4-1-11(2-5-14)7-15(25)10-27-20-29-19(26)18(31-20)12-3-6-16-13(8-12)9-17(30)28-16/h1-6,8,15H,7,9-10,25-26H2,(H,27,29)(H,28,30)/t15-/m0/s1. The first-order valence-corrected chi connectivity index (χ1v) is 10.4. The Hall–Kier alpha value is -3.11. The Morgan fingerprint density at radius 3 is 2.65 bits per heavy atom. The number of nitrogens with zero attached hydrogens (tertiary/aromatic N) is 1. The van der Waals surface area contributed by atoms with Crippen LogP contribution in [0.1, 0.15) is 16.7 Å². The van der Waals surface area contributed by atoms with Gasteiger partial charge >= 0.3 is 6.18 Å². The largest absolute Gasteiger partial charge is 0.416 e. The Bertz CT molecular complexity index is 1110. The zero-order valence-electron chi connectivity index (χ0n) is 16.3. The average molecular weight is 447 g/mol. The lowest BCUT2D eigenvalue weighted by atomic mass is 10.0. The number of aromatic nitrogens is 1. The van der Waals surface area contributed by atoms with Crippen molar-refractivity contribution >= 4 is 33.9 Å². The molecule has 2 heterocycles. The fourth-order valence-electron chi connectivity index (χ4n) is 3.41. The fourth-order valence-corrected chi connectivity index (χ4v) is 4.30. The van der Waals surface area contributed by atoms with Crippen molar-refractivity contribution in [3.05, 3.63) is 59.2 Å². The van der Waals surface area contributed by atoms with E-state index in [4.69, 9.17) is 11.5 Å². The number of hydrogen-bond donors (Lipinski definition) is 4. The highest BCUT2D eigenvalue weighted by Gasteiger charge is 2.30. The number of hydrogen-bond acceptors (Lipinski definition) is 6. The summed E-state index contributed by atoms with van der Waals surface area (Å²) in [7, 11) is 0. The van der Waals surface area contributed by atoms with Crippen molar-refractivity contribution in [3.63, 3.8) is 0 Å². The fraction of sp³-hybridized carbons (Fsp3) is 0.238. The molecule has 6 nitrogen and oxygen atoms in total. The molecule has 0 aliphatic carbocycles. The van der Waals surface area contributed by atoms with E-state index in [-0.39, 0.29) is 11.9 Å². The molecule has 1 aliphatic heterocycles. The normalized spacial score (nSPS) is 14.3. The lowest BCUT2D eigenvalue weighted by molar-refractivity contribution is -0.137. The Morgan fingerprint density at radius 1 is 1.19 bits per heavy atom. The van der Waals surface area contributed by atoms with Gasteiger partial charge in [0, 0.05) is 18.3 Å². The van der Waals surface area contributed by atoms with Crippen molar-refractivity contribution < 1.29 is 18.0 Å². The lowest BCUT2D eigenvalue weighted by Gasteiger charge is -2.13. The van der Waals surface area contributed by atoms with Gasteiger partial charge in [-0.3, -0.25) is 4.79 Å². The number of halogens is 3. The van der Waals surface area contributed by atoms with Crippen LogP contribution in [0.2, 0.25) is 0 Å². The number of alkyl halides is 3. The molecule has 1 atom stereocenters. The van der Waals surface area contributed by atoms with Crippen molar-refractivity contribution in [2.45, 2.75) is 25.1 Å². The van der Waals surface area contributed by atoms with Crippen LogP contribution in [-0.2, 0) is 23.8 Å². The first kappa shape index (κ1) is 21.1. The summed E-state index contributed by atoms with van der Waals surface area (Å²) in [5.74, 6) is 0.342. The minimum absolute atomic E-state index is 0.0335. The molecular weight excluding hydrogens is 427 g/mol. The summed E-state index contributed by atoms with van der Waals surface area (Å²) in [6.07, 6.45) is -3.59. The quantitative estimate of drug-likeness (QED) is 0.459. The Morgan fingerprint density at radius 2 is 1.94 bits per heavy atom. The van der Waals surface area contributed by atoms with Gasteiger partial charge in [0.15, 0.2) is 5.13 Å². The number of thiazole rings is 1. The van der Waals surface area contributed by atoms with Gasteiger partial charge in [0.25, 0.3) is 0 Å². The number of carbonyl (C=O) groups excluding carboxylic acids is 1. The van der Waals surface area contributed by atoms with Crippen LogP contribution in [0.5, 0.6) is 0 Å². The van der Waals surface area contributed by atoms with Crippen LogP contribution in [-0.4, -0.2) is 23.5 Å². The molecule has 1 aromatic heterocycles. The Balaban J connectivity index is 1.37. The van der Waals surface area contributed by atoms with Gasteiger partial charge in [-0.25, -0.2) is 4.98 Å². The van der Waals surface area contributed by atoms with Crippen LogP contribution in [0.3, 0.4) is 0 Å². The summed E-state index contributed by atoms with van der Waals surface area (Å²) in [5.41, 5.74) is 14.9. The van der Waals surface area contributed by atoms with Gasteiger partial charge in [0.2, 0.25) is 5.91 Å². The maximum absolute atomic E-state index is 12.7. The van der Waals surface area contributed by atoms with Gasteiger partial charge in [-0.05, 0) is 47.4 Å². The number of carbonyl (C=O) groups is 1. The first-order chi connectivity index (χ1) is 14.7. The lowest BCUT2D eigenvalue weighted by Crippen LogP contribution is -2.31. The van der Waals surface area contributed by atoms with Gasteiger partial charge in [-0.15, -0.1) is 0 Å². The van der Waals surface area contributed by atoms with Crippen molar-refractivity contribution in [1.29, 1.82) is 0 Å². The molecule has 6 N–H and O–H groups in total. The topological polar surface area (TPSA) is 106 Å². The van der Waals surface area contributed by atoms with E-state index in [1.165, 1.54) is 23.5 Å². The van der Waals surface area contributed by atoms with Gasteiger partial charge in [-0.2, -0.15) is 13.2 Å². The molecule has 3 aromatic rings. The molecule has 31 heavy (non-hydrogen) atoms. The smallest absolute Gasteiger partial charge is 0.382 e. The van der Waals surface area contributed by atoms with Crippen LogP contribution >= 0.6 is 11.3 Å². The molecule has 162 valence electrons. The van der Waals surface area contributed by atoms with Gasteiger partial charge in [0.05, 0.1) is 16.9 Å². The van der Waals surface area contributed by atoms with Gasteiger partial charge in [0.1, 0.15) is 5.82 Å². The minimum atomic E-state index is -4.35. The second-order valence-electron chi connectivity index (χ2n) is 7.37. The van der Waals surface area contributed by atoms with E-state index in [1.54, 1.807) is 0 Å². The molecule has 0 spiro atoms. The molecule has 0 saturated carbocycles. The Kier molecular flexibility index (Phi) is 5.59. The van der Waals surface area contributed by atoms with Crippen molar-refractivity contribution in [2.24, 2.45) is 5.73 Å². The summed E-state index contributed by atoms with van der Waals surface area (Å²) in [6.45, 7) is 0.385. The third-order valence-electron chi connectivity index (χ3n) is 4.94. The number of anilines is 3. The molecule has 0 fully saturated rings. The minimum Gasteiger partial charge on any atom is -0.382 e. The van der Waals surface area contributed by atoms with E-state index in [0.717, 1.165) is 39.4 Å². The van der Waals surface area contributed by atoms with Crippen LogP contribution in [0, 0.1) is 0 Å². The van der Waals surface area contributed by atoms with Crippen LogP contribution in [0.25, 0.3) is 10.4 Å². The molecule has 4 rings (SSSR count). The van der Waals surface area contributed by atoms with Crippen LogP contribution < -0.4 is 22.1 Å².